The first-order valence-corrected chi connectivity index (χ1v) is 4.74. The molecule has 1 fully saturated rings. The second-order valence-electron chi connectivity index (χ2n) is 2.71. The molecule has 0 N–H and O–H groups in total. The molecule has 0 unspecified atom stereocenters. The largest absolute Gasteiger partial charge is 0.282 e. The van der Waals surface area contributed by atoms with E-state index in [-0.39, 0.29) is 5.24 Å². The third-order valence-corrected chi connectivity index (χ3v) is 1.97. The van der Waals surface area contributed by atoms with Gasteiger partial charge in [-0.3, -0.25) is 4.79 Å². The maximum Gasteiger partial charge on any atom is 0.218 e. The summed E-state index contributed by atoms with van der Waals surface area (Å²) in [6.45, 7) is 1.29. The fourth-order valence-corrected chi connectivity index (χ4v) is 1.36. The van der Waals surface area contributed by atoms with E-state index in [9.17, 15) is 4.79 Å². The predicted octanol–water partition coefficient (Wildman–Crippen LogP) is 3.33. The van der Waals surface area contributed by atoms with E-state index in [1.165, 1.54) is 39.0 Å². The Kier molecular flexibility index (Phi) is 7.09. The number of hydrogen-bond acceptors (Lipinski definition) is 1. The lowest BCUT2D eigenvalue weighted by molar-refractivity contribution is -0.109. The Labute approximate surface area is 78.1 Å². The average molecular weight is 197 g/mol. The van der Waals surface area contributed by atoms with Crippen LogP contribution in [-0.2, 0) is 4.79 Å². The third-order valence-electron chi connectivity index (χ3n) is 1.53. The quantitative estimate of drug-likeness (QED) is 0.430. The molecule has 0 saturated heterocycles. The van der Waals surface area contributed by atoms with Crippen LogP contribution in [-0.4, -0.2) is 10.6 Å². The van der Waals surface area contributed by atoms with E-state index in [4.69, 9.17) is 11.6 Å². The van der Waals surface area contributed by atoms with Gasteiger partial charge < -0.3 is 0 Å². The first-order valence-electron chi connectivity index (χ1n) is 3.93. The Morgan fingerprint density at radius 1 is 1.27 bits per heavy atom. The number of carbonyl (C=O) groups excluding carboxylic acids is 1. The van der Waals surface area contributed by atoms with E-state index in [0.717, 1.165) is 0 Å². The summed E-state index contributed by atoms with van der Waals surface area (Å²) in [6.07, 6.45) is 6.62. The monoisotopic (exact) mass is 196 g/mol. The van der Waals surface area contributed by atoms with Crippen molar-refractivity contribution < 1.29 is 4.79 Å². The zero-order valence-electron chi connectivity index (χ0n) is 6.78. The van der Waals surface area contributed by atoms with Gasteiger partial charge in [0, 0.05) is 12.3 Å². The molecule has 1 rings (SSSR count). The minimum atomic E-state index is -0.361. The maximum absolute atomic E-state index is 9.21. The highest BCUT2D eigenvalue weighted by Crippen LogP contribution is 2.21. The number of rotatable bonds is 0. The van der Waals surface area contributed by atoms with Gasteiger partial charge in [-0.1, -0.05) is 19.3 Å². The number of alkyl halides is 1. The van der Waals surface area contributed by atoms with Gasteiger partial charge in [0.1, 0.15) is 0 Å². The Bertz CT molecular complexity index is 105. The summed E-state index contributed by atoms with van der Waals surface area (Å²) in [7, 11) is 0. The first kappa shape index (κ1) is 11.2. The summed E-state index contributed by atoms with van der Waals surface area (Å²) in [5.74, 6) is 0. The van der Waals surface area contributed by atoms with E-state index >= 15 is 0 Å². The van der Waals surface area contributed by atoms with Gasteiger partial charge in [-0.2, -0.15) is 0 Å². The molecular formula is C8H14Cl2O. The normalized spacial score (nSPS) is 18.5. The molecule has 1 aliphatic carbocycles. The summed E-state index contributed by atoms with van der Waals surface area (Å²) in [5, 5.41) is 0.147. The molecule has 11 heavy (non-hydrogen) atoms. The van der Waals surface area contributed by atoms with Gasteiger partial charge in [0.05, 0.1) is 0 Å². The van der Waals surface area contributed by atoms with Crippen molar-refractivity contribution in [2.75, 3.05) is 0 Å². The van der Waals surface area contributed by atoms with Crippen LogP contribution in [0.3, 0.4) is 0 Å². The van der Waals surface area contributed by atoms with E-state index in [2.05, 4.69) is 11.6 Å². The Morgan fingerprint density at radius 3 is 1.82 bits per heavy atom. The van der Waals surface area contributed by atoms with Gasteiger partial charge >= 0.3 is 0 Å². The predicted molar refractivity (Wildman–Crippen MR) is 49.3 cm³/mol. The lowest BCUT2D eigenvalue weighted by atomic mass is 10.0. The van der Waals surface area contributed by atoms with E-state index in [1.807, 2.05) is 0 Å². The molecule has 1 nitrogen and oxygen atoms in total. The molecule has 66 valence electrons. The minimum Gasteiger partial charge on any atom is -0.282 e. The Hall–Kier alpha value is 0.250. The fraction of sp³-hybridized carbons (Fsp3) is 0.875. The molecule has 0 atom stereocenters. The van der Waals surface area contributed by atoms with Crippen molar-refractivity contribution in [3.8, 4) is 0 Å². The summed E-state index contributed by atoms with van der Waals surface area (Å²) in [4.78, 5) is 9.21. The molecule has 0 aliphatic heterocycles. The summed E-state index contributed by atoms with van der Waals surface area (Å²) < 4.78 is 0. The third kappa shape index (κ3) is 10.2. The number of hydrogen-bond donors (Lipinski definition) is 0. The molecule has 0 spiro atoms. The molecule has 1 saturated carbocycles. The maximum atomic E-state index is 9.21. The standard InChI is InChI=1S/C6H11Cl.C2H3ClO/c7-6-4-2-1-3-5-6;1-2(3)4/h6H,1-5H2;1H3. The van der Waals surface area contributed by atoms with Gasteiger partial charge in [-0.15, -0.1) is 11.6 Å². The molecule has 0 aromatic rings. The van der Waals surface area contributed by atoms with E-state index in [1.54, 1.807) is 0 Å². The molecule has 1 aliphatic rings. The van der Waals surface area contributed by atoms with Gasteiger partial charge in [-0.05, 0) is 24.4 Å². The van der Waals surface area contributed by atoms with E-state index < -0.39 is 0 Å². The van der Waals surface area contributed by atoms with Crippen LogP contribution in [0.25, 0.3) is 0 Å². The number of halogens is 2. The van der Waals surface area contributed by atoms with Crippen molar-refractivity contribution >= 4 is 28.4 Å². The molecule has 0 amide bonds. The molecule has 0 aromatic heterocycles. The highest BCUT2D eigenvalue weighted by Gasteiger charge is 2.08. The van der Waals surface area contributed by atoms with Crippen molar-refractivity contribution in [3.05, 3.63) is 0 Å². The Balaban J connectivity index is 0.000000218. The van der Waals surface area contributed by atoms with Crippen LogP contribution in [0, 0.1) is 0 Å². The minimum absolute atomic E-state index is 0.361. The molecule has 0 aromatic carbocycles. The van der Waals surface area contributed by atoms with Crippen LogP contribution < -0.4 is 0 Å². The summed E-state index contributed by atoms with van der Waals surface area (Å²) in [6, 6.07) is 0. The van der Waals surface area contributed by atoms with Crippen molar-refractivity contribution in [1.29, 1.82) is 0 Å². The van der Waals surface area contributed by atoms with Crippen LogP contribution in [0.4, 0.5) is 0 Å². The zero-order valence-corrected chi connectivity index (χ0v) is 8.29. The Morgan fingerprint density at radius 2 is 1.64 bits per heavy atom. The average Bonchev–Trinajstić information content (AvgIpc) is 1.87. The van der Waals surface area contributed by atoms with Crippen molar-refractivity contribution in [2.24, 2.45) is 0 Å². The van der Waals surface area contributed by atoms with Crippen LogP contribution in [0.5, 0.6) is 0 Å². The van der Waals surface area contributed by atoms with Crippen LogP contribution in [0.1, 0.15) is 39.0 Å². The topological polar surface area (TPSA) is 17.1 Å². The second-order valence-corrected chi connectivity index (χ2v) is 3.86. The summed E-state index contributed by atoms with van der Waals surface area (Å²) in [5.41, 5.74) is 0. The van der Waals surface area contributed by atoms with Crippen molar-refractivity contribution in [2.45, 2.75) is 44.4 Å². The number of carbonyl (C=O) groups is 1. The first-order chi connectivity index (χ1) is 5.13. The lowest BCUT2D eigenvalue weighted by Crippen LogP contribution is -2.03. The van der Waals surface area contributed by atoms with Crippen LogP contribution in [0.15, 0.2) is 0 Å². The smallest absolute Gasteiger partial charge is 0.218 e. The van der Waals surface area contributed by atoms with Crippen molar-refractivity contribution in [3.63, 3.8) is 0 Å². The van der Waals surface area contributed by atoms with Gasteiger partial charge in [0.2, 0.25) is 5.24 Å². The van der Waals surface area contributed by atoms with Gasteiger partial charge in [0.25, 0.3) is 0 Å². The molecule has 0 heterocycles. The van der Waals surface area contributed by atoms with Crippen LogP contribution >= 0.6 is 23.2 Å². The van der Waals surface area contributed by atoms with Crippen molar-refractivity contribution in [1.82, 2.24) is 0 Å². The highest BCUT2D eigenvalue weighted by molar-refractivity contribution is 6.62. The molecule has 3 heteroatoms. The molecular weight excluding hydrogens is 183 g/mol. The van der Waals surface area contributed by atoms with Gasteiger partial charge in [-0.25, -0.2) is 0 Å². The van der Waals surface area contributed by atoms with Crippen LogP contribution in [0.2, 0.25) is 0 Å². The highest BCUT2D eigenvalue weighted by atomic mass is 35.5. The lowest BCUT2D eigenvalue weighted by Gasteiger charge is -2.13. The SMILES string of the molecule is CC(=O)Cl.ClC1CCCCC1. The molecule has 0 radical (unpaired) electrons. The second kappa shape index (κ2) is 6.93. The zero-order chi connectivity index (χ0) is 8.69. The van der Waals surface area contributed by atoms with E-state index in [0.29, 0.717) is 5.38 Å². The molecule has 0 bridgehead atoms. The summed E-state index contributed by atoms with van der Waals surface area (Å²) >= 11 is 10.5. The fourth-order valence-electron chi connectivity index (χ4n) is 1.05. The van der Waals surface area contributed by atoms with Gasteiger partial charge in [0.15, 0.2) is 0 Å².